The van der Waals surface area contributed by atoms with Crippen LogP contribution in [0.15, 0.2) is 36.4 Å². The van der Waals surface area contributed by atoms with Gasteiger partial charge in [0.1, 0.15) is 0 Å². The van der Waals surface area contributed by atoms with E-state index in [9.17, 15) is 4.79 Å². The summed E-state index contributed by atoms with van der Waals surface area (Å²) in [6, 6.07) is 11.8. The van der Waals surface area contributed by atoms with E-state index in [1.54, 1.807) is 0 Å². The molecule has 0 aliphatic rings. The molecule has 1 amide bonds. The number of benzene rings is 1. The van der Waals surface area contributed by atoms with Gasteiger partial charge in [-0.15, -0.1) is 11.6 Å². The van der Waals surface area contributed by atoms with Crippen molar-refractivity contribution in [1.82, 2.24) is 10.3 Å². The highest BCUT2D eigenvalue weighted by molar-refractivity contribution is 6.18. The van der Waals surface area contributed by atoms with E-state index < -0.39 is 0 Å². The molecule has 0 aliphatic heterocycles. The highest BCUT2D eigenvalue weighted by Crippen LogP contribution is 2.16. The maximum atomic E-state index is 12.5. The minimum atomic E-state index is -0.0998. The first-order valence-corrected chi connectivity index (χ1v) is 7.95. The lowest BCUT2D eigenvalue weighted by Gasteiger charge is -2.16. The number of aromatic nitrogens is 1. The van der Waals surface area contributed by atoms with Gasteiger partial charge in [-0.25, -0.2) is 0 Å². The van der Waals surface area contributed by atoms with E-state index in [1.165, 1.54) is 0 Å². The van der Waals surface area contributed by atoms with Crippen LogP contribution < -0.4 is 5.32 Å². The van der Waals surface area contributed by atoms with Gasteiger partial charge >= 0.3 is 0 Å². The largest absolute Gasteiger partial charge is 0.345 e. The fraction of sp³-hybridized carbons (Fsp3) is 0.333. The molecule has 2 rings (SSSR count). The Kier molecular flexibility index (Phi) is 5.56. The molecular weight excluding hydrogens is 296 g/mol. The summed E-state index contributed by atoms with van der Waals surface area (Å²) >= 11 is 5.82. The van der Waals surface area contributed by atoms with Crippen molar-refractivity contribution in [1.29, 1.82) is 0 Å². The van der Waals surface area contributed by atoms with E-state index in [1.807, 2.05) is 57.2 Å². The number of carbonyl (C=O) groups is 1. The normalized spacial score (nSPS) is 12.0. The molecule has 1 atom stereocenters. The lowest BCUT2D eigenvalue weighted by Crippen LogP contribution is -2.27. The van der Waals surface area contributed by atoms with Crippen LogP contribution in [0.2, 0.25) is 0 Å². The maximum absolute atomic E-state index is 12.5. The van der Waals surface area contributed by atoms with Gasteiger partial charge in [0.25, 0.3) is 5.91 Å². The van der Waals surface area contributed by atoms with Gasteiger partial charge in [-0.05, 0) is 44.4 Å². The standard InChI is InChI=1S/C18H21ClN2O/c1-12(15-7-5-4-6-8-15)21-18(22)17-11-16(9-10-19)13(2)20-14(17)3/h4-8,11-12H,9-10H2,1-3H3,(H,21,22)/t12-/m0/s1. The number of hydrogen-bond acceptors (Lipinski definition) is 2. The van der Waals surface area contributed by atoms with Gasteiger partial charge in [0, 0.05) is 11.6 Å². The van der Waals surface area contributed by atoms with Gasteiger partial charge < -0.3 is 5.32 Å². The molecule has 0 spiro atoms. The van der Waals surface area contributed by atoms with Crippen LogP contribution in [0.25, 0.3) is 0 Å². The highest BCUT2D eigenvalue weighted by Gasteiger charge is 2.16. The van der Waals surface area contributed by atoms with E-state index in [2.05, 4.69) is 10.3 Å². The topological polar surface area (TPSA) is 42.0 Å². The van der Waals surface area contributed by atoms with E-state index in [0.717, 1.165) is 28.9 Å². The number of nitrogens with zero attached hydrogens (tertiary/aromatic N) is 1. The molecule has 0 bridgehead atoms. The van der Waals surface area contributed by atoms with Crippen LogP contribution in [0, 0.1) is 13.8 Å². The number of alkyl halides is 1. The van der Waals surface area contributed by atoms with Crippen molar-refractivity contribution in [3.63, 3.8) is 0 Å². The number of amides is 1. The summed E-state index contributed by atoms with van der Waals surface area (Å²) < 4.78 is 0. The Morgan fingerprint density at radius 3 is 2.55 bits per heavy atom. The number of carbonyl (C=O) groups excluding carboxylic acids is 1. The predicted octanol–water partition coefficient (Wildman–Crippen LogP) is 3.97. The second-order valence-electron chi connectivity index (χ2n) is 5.41. The van der Waals surface area contributed by atoms with Crippen LogP contribution in [-0.2, 0) is 6.42 Å². The molecule has 0 saturated carbocycles. The van der Waals surface area contributed by atoms with Crippen LogP contribution in [0.1, 0.15) is 45.8 Å². The lowest BCUT2D eigenvalue weighted by molar-refractivity contribution is 0.0938. The number of rotatable bonds is 5. The Morgan fingerprint density at radius 2 is 1.91 bits per heavy atom. The van der Waals surface area contributed by atoms with Gasteiger partial charge in [0.15, 0.2) is 0 Å². The van der Waals surface area contributed by atoms with Crippen molar-refractivity contribution >= 4 is 17.5 Å². The Labute approximate surface area is 136 Å². The van der Waals surface area contributed by atoms with Gasteiger partial charge in [0.05, 0.1) is 17.3 Å². The smallest absolute Gasteiger partial charge is 0.253 e. The zero-order valence-corrected chi connectivity index (χ0v) is 13.9. The fourth-order valence-corrected chi connectivity index (χ4v) is 2.65. The van der Waals surface area contributed by atoms with Gasteiger partial charge in [-0.3, -0.25) is 9.78 Å². The summed E-state index contributed by atoms with van der Waals surface area (Å²) in [4.78, 5) is 17.0. The summed E-state index contributed by atoms with van der Waals surface area (Å²) in [5.74, 6) is 0.421. The van der Waals surface area contributed by atoms with Crippen LogP contribution in [0.5, 0.6) is 0 Å². The number of pyridine rings is 1. The molecular formula is C18H21ClN2O. The van der Waals surface area contributed by atoms with Crippen LogP contribution in [0.3, 0.4) is 0 Å². The number of halogens is 1. The third kappa shape index (κ3) is 3.86. The van der Waals surface area contributed by atoms with Gasteiger partial charge in [-0.1, -0.05) is 30.3 Å². The van der Waals surface area contributed by atoms with Crippen molar-refractivity contribution in [3.8, 4) is 0 Å². The summed E-state index contributed by atoms with van der Waals surface area (Å²) in [5, 5.41) is 3.03. The number of aryl methyl sites for hydroxylation is 3. The molecule has 2 aromatic rings. The zero-order chi connectivity index (χ0) is 16.1. The summed E-state index contributed by atoms with van der Waals surface area (Å²) in [6.45, 7) is 5.78. The van der Waals surface area contributed by atoms with E-state index in [4.69, 9.17) is 11.6 Å². The molecule has 0 saturated heterocycles. The molecule has 0 aliphatic carbocycles. The second kappa shape index (κ2) is 7.41. The number of hydrogen-bond donors (Lipinski definition) is 1. The third-order valence-electron chi connectivity index (χ3n) is 3.76. The second-order valence-corrected chi connectivity index (χ2v) is 5.79. The predicted molar refractivity (Wildman–Crippen MR) is 90.5 cm³/mol. The molecule has 0 fully saturated rings. The molecule has 1 aromatic carbocycles. The van der Waals surface area contributed by atoms with E-state index >= 15 is 0 Å². The number of nitrogens with one attached hydrogen (secondary N) is 1. The quantitative estimate of drug-likeness (QED) is 0.848. The molecule has 22 heavy (non-hydrogen) atoms. The molecule has 3 nitrogen and oxygen atoms in total. The Morgan fingerprint density at radius 1 is 1.23 bits per heavy atom. The summed E-state index contributed by atoms with van der Waals surface area (Å²) in [5.41, 5.74) is 4.40. The average molecular weight is 317 g/mol. The lowest BCUT2D eigenvalue weighted by atomic mass is 10.0. The molecule has 1 N–H and O–H groups in total. The van der Waals surface area contributed by atoms with Crippen molar-refractivity contribution in [3.05, 3.63) is 64.5 Å². The average Bonchev–Trinajstić information content (AvgIpc) is 2.50. The zero-order valence-electron chi connectivity index (χ0n) is 13.2. The van der Waals surface area contributed by atoms with Crippen LogP contribution >= 0.6 is 11.6 Å². The minimum Gasteiger partial charge on any atom is -0.345 e. The Balaban J connectivity index is 2.20. The first-order chi connectivity index (χ1) is 10.5. The Hall–Kier alpha value is -1.87. The van der Waals surface area contributed by atoms with Crippen molar-refractivity contribution < 1.29 is 4.79 Å². The minimum absolute atomic E-state index is 0.0501. The van der Waals surface area contributed by atoms with Crippen LogP contribution in [-0.4, -0.2) is 16.8 Å². The van der Waals surface area contributed by atoms with Crippen LogP contribution in [0.4, 0.5) is 0 Å². The molecule has 116 valence electrons. The van der Waals surface area contributed by atoms with E-state index in [0.29, 0.717) is 11.4 Å². The Bertz CT molecular complexity index is 656. The molecule has 4 heteroatoms. The first kappa shape index (κ1) is 16.5. The SMILES string of the molecule is Cc1nc(C)c(C(=O)N[C@@H](C)c2ccccc2)cc1CCCl. The van der Waals surface area contributed by atoms with Crippen molar-refractivity contribution in [2.24, 2.45) is 0 Å². The first-order valence-electron chi connectivity index (χ1n) is 7.41. The maximum Gasteiger partial charge on any atom is 0.253 e. The van der Waals surface area contributed by atoms with Gasteiger partial charge in [0.2, 0.25) is 0 Å². The van der Waals surface area contributed by atoms with Gasteiger partial charge in [-0.2, -0.15) is 0 Å². The molecule has 0 unspecified atom stereocenters. The van der Waals surface area contributed by atoms with Crippen molar-refractivity contribution in [2.45, 2.75) is 33.2 Å². The highest BCUT2D eigenvalue weighted by atomic mass is 35.5. The fourth-order valence-electron chi connectivity index (χ4n) is 2.45. The van der Waals surface area contributed by atoms with Crippen molar-refractivity contribution in [2.75, 3.05) is 5.88 Å². The summed E-state index contributed by atoms with van der Waals surface area (Å²) in [7, 11) is 0. The molecule has 1 aromatic heterocycles. The third-order valence-corrected chi connectivity index (χ3v) is 3.95. The monoisotopic (exact) mass is 316 g/mol. The van der Waals surface area contributed by atoms with E-state index in [-0.39, 0.29) is 11.9 Å². The summed E-state index contributed by atoms with van der Waals surface area (Å²) in [6.07, 6.45) is 0.717. The molecule has 0 radical (unpaired) electrons. The molecule has 1 heterocycles.